The zero-order valence-electron chi connectivity index (χ0n) is 11.9. The summed E-state index contributed by atoms with van der Waals surface area (Å²) in [7, 11) is 0. The largest absolute Gasteiger partial charge is 0.492 e. The first-order valence-corrected chi connectivity index (χ1v) is 7.55. The Labute approximate surface area is 135 Å². The van der Waals surface area contributed by atoms with Gasteiger partial charge in [0.15, 0.2) is 0 Å². The summed E-state index contributed by atoms with van der Waals surface area (Å²) in [5, 5.41) is 15.4. The predicted octanol–water partition coefficient (Wildman–Crippen LogP) is 2.95. The van der Waals surface area contributed by atoms with E-state index in [-0.39, 0.29) is 11.1 Å². The smallest absolute Gasteiger partial charge is 0.353 e. The summed E-state index contributed by atoms with van der Waals surface area (Å²) < 4.78 is 11.8. The number of hydrogen-bond donors (Lipinski definition) is 2. The minimum atomic E-state index is -1.03. The summed E-state index contributed by atoms with van der Waals surface area (Å²) in [5.74, 6) is -0.292. The van der Waals surface area contributed by atoms with Gasteiger partial charge in [0.1, 0.15) is 11.4 Å². The highest BCUT2D eigenvalue weighted by molar-refractivity contribution is 9.10. The van der Waals surface area contributed by atoms with Gasteiger partial charge in [0.05, 0.1) is 30.0 Å². The van der Waals surface area contributed by atoms with Crippen LogP contribution in [-0.2, 0) is 4.74 Å². The standard InChI is InChI=1S/C15H15BrN2O4/c1-15(6-21-7-15)8-22-13-3-2-9(4-10(13)16)11-5-12(14(19)20)18-17-11/h2-5H,6-8H2,1H3,(H,17,18)(H,19,20). The van der Waals surface area contributed by atoms with Crippen LogP contribution >= 0.6 is 15.9 Å². The molecule has 22 heavy (non-hydrogen) atoms. The molecule has 0 unspecified atom stereocenters. The number of aromatic nitrogens is 2. The maximum atomic E-state index is 10.9. The third kappa shape index (κ3) is 3.00. The molecule has 116 valence electrons. The first-order valence-electron chi connectivity index (χ1n) is 6.76. The van der Waals surface area contributed by atoms with Gasteiger partial charge in [-0.1, -0.05) is 6.92 Å². The van der Waals surface area contributed by atoms with E-state index in [0.717, 1.165) is 15.8 Å². The molecular formula is C15H15BrN2O4. The van der Waals surface area contributed by atoms with Crippen LogP contribution in [0.3, 0.4) is 0 Å². The first kappa shape index (κ1) is 15.1. The molecule has 7 heteroatoms. The molecule has 2 N–H and O–H groups in total. The summed E-state index contributed by atoms with van der Waals surface area (Å²) in [4.78, 5) is 10.9. The van der Waals surface area contributed by atoms with E-state index in [9.17, 15) is 4.79 Å². The lowest BCUT2D eigenvalue weighted by Crippen LogP contribution is -2.44. The van der Waals surface area contributed by atoms with E-state index in [4.69, 9.17) is 14.6 Å². The number of benzene rings is 1. The second kappa shape index (κ2) is 5.73. The number of rotatable bonds is 5. The SMILES string of the molecule is CC1(COc2ccc(-c3cc(C(=O)O)[nH]n3)cc2Br)COC1. The van der Waals surface area contributed by atoms with Crippen LogP contribution in [0.1, 0.15) is 17.4 Å². The van der Waals surface area contributed by atoms with Crippen molar-refractivity contribution < 1.29 is 19.4 Å². The number of nitrogens with one attached hydrogen (secondary N) is 1. The molecule has 1 aromatic heterocycles. The van der Waals surface area contributed by atoms with Crippen LogP contribution < -0.4 is 4.74 Å². The normalized spacial score (nSPS) is 16.1. The van der Waals surface area contributed by atoms with E-state index in [1.165, 1.54) is 6.07 Å². The van der Waals surface area contributed by atoms with Crippen LogP contribution in [0.2, 0.25) is 0 Å². The number of carboxylic acid groups (broad SMARTS) is 1. The quantitative estimate of drug-likeness (QED) is 0.849. The molecule has 0 saturated carbocycles. The van der Waals surface area contributed by atoms with Gasteiger partial charge in [-0.15, -0.1) is 0 Å². The highest BCUT2D eigenvalue weighted by Crippen LogP contribution is 2.33. The van der Waals surface area contributed by atoms with Crippen LogP contribution in [0.4, 0.5) is 0 Å². The third-order valence-electron chi connectivity index (χ3n) is 3.51. The van der Waals surface area contributed by atoms with Crippen molar-refractivity contribution in [1.29, 1.82) is 0 Å². The Morgan fingerprint density at radius 3 is 2.82 bits per heavy atom. The summed E-state index contributed by atoms with van der Waals surface area (Å²) in [5.41, 5.74) is 1.52. The molecule has 6 nitrogen and oxygen atoms in total. The van der Waals surface area contributed by atoms with Gasteiger partial charge in [-0.2, -0.15) is 5.10 Å². The second-order valence-electron chi connectivity index (χ2n) is 5.71. The van der Waals surface area contributed by atoms with Crippen LogP contribution in [0.15, 0.2) is 28.7 Å². The predicted molar refractivity (Wildman–Crippen MR) is 83.1 cm³/mol. The molecule has 1 aliphatic heterocycles. The monoisotopic (exact) mass is 366 g/mol. The van der Waals surface area contributed by atoms with Crippen molar-refractivity contribution >= 4 is 21.9 Å². The topological polar surface area (TPSA) is 84.4 Å². The van der Waals surface area contributed by atoms with Gasteiger partial charge in [-0.3, -0.25) is 5.10 Å². The Bertz CT molecular complexity index is 709. The van der Waals surface area contributed by atoms with Crippen molar-refractivity contribution in [1.82, 2.24) is 10.2 Å². The van der Waals surface area contributed by atoms with Gasteiger partial charge < -0.3 is 14.6 Å². The second-order valence-corrected chi connectivity index (χ2v) is 6.56. The van der Waals surface area contributed by atoms with Gasteiger partial charge in [0.25, 0.3) is 0 Å². The van der Waals surface area contributed by atoms with Crippen LogP contribution in [0.25, 0.3) is 11.3 Å². The van der Waals surface area contributed by atoms with Gasteiger partial charge in [-0.25, -0.2) is 4.79 Å². The lowest BCUT2D eigenvalue weighted by atomic mass is 9.90. The number of aromatic amines is 1. The average Bonchev–Trinajstić information content (AvgIpc) is 2.94. The number of carboxylic acids is 1. The Morgan fingerprint density at radius 1 is 1.50 bits per heavy atom. The van der Waals surface area contributed by atoms with Crippen LogP contribution in [0.5, 0.6) is 5.75 Å². The molecule has 2 aromatic rings. The molecule has 0 radical (unpaired) electrons. The van der Waals surface area contributed by atoms with Crippen molar-refractivity contribution in [2.24, 2.45) is 5.41 Å². The Hall–Kier alpha value is -1.86. The molecule has 2 heterocycles. The maximum absolute atomic E-state index is 10.9. The summed E-state index contributed by atoms with van der Waals surface area (Å²) in [6, 6.07) is 7.05. The van der Waals surface area contributed by atoms with E-state index in [1.807, 2.05) is 18.2 Å². The number of halogens is 1. The average molecular weight is 367 g/mol. The van der Waals surface area contributed by atoms with Gasteiger partial charge in [-0.05, 0) is 40.2 Å². The molecule has 0 bridgehead atoms. The minimum Gasteiger partial charge on any atom is -0.492 e. The molecule has 1 aliphatic rings. The van der Waals surface area contributed by atoms with E-state index in [0.29, 0.717) is 25.5 Å². The van der Waals surface area contributed by atoms with Gasteiger partial charge in [0.2, 0.25) is 0 Å². The molecule has 0 amide bonds. The third-order valence-corrected chi connectivity index (χ3v) is 4.13. The molecule has 1 fully saturated rings. The molecule has 1 saturated heterocycles. The zero-order valence-corrected chi connectivity index (χ0v) is 13.5. The Morgan fingerprint density at radius 2 is 2.27 bits per heavy atom. The lowest BCUT2D eigenvalue weighted by Gasteiger charge is -2.37. The molecule has 3 rings (SSSR count). The summed E-state index contributed by atoms with van der Waals surface area (Å²) >= 11 is 3.48. The number of carbonyl (C=O) groups is 1. The highest BCUT2D eigenvalue weighted by Gasteiger charge is 2.34. The van der Waals surface area contributed by atoms with Gasteiger partial charge >= 0.3 is 5.97 Å². The minimum absolute atomic E-state index is 0.0596. The van der Waals surface area contributed by atoms with Crippen LogP contribution in [0, 0.1) is 5.41 Å². The van der Waals surface area contributed by atoms with E-state index in [2.05, 4.69) is 33.1 Å². The number of nitrogens with zero attached hydrogens (tertiary/aromatic N) is 1. The molecule has 0 spiro atoms. The fraction of sp³-hybridized carbons (Fsp3) is 0.333. The van der Waals surface area contributed by atoms with Crippen molar-refractivity contribution in [2.45, 2.75) is 6.92 Å². The van der Waals surface area contributed by atoms with Crippen molar-refractivity contribution in [3.8, 4) is 17.0 Å². The summed E-state index contributed by atoms with van der Waals surface area (Å²) in [6.45, 7) is 4.15. The fourth-order valence-electron chi connectivity index (χ4n) is 2.14. The number of hydrogen-bond acceptors (Lipinski definition) is 4. The van der Waals surface area contributed by atoms with E-state index in [1.54, 1.807) is 0 Å². The summed E-state index contributed by atoms with van der Waals surface area (Å²) in [6.07, 6.45) is 0. The Kier molecular flexibility index (Phi) is 3.92. The van der Waals surface area contributed by atoms with E-state index < -0.39 is 5.97 Å². The lowest BCUT2D eigenvalue weighted by molar-refractivity contribution is -0.120. The van der Waals surface area contributed by atoms with E-state index >= 15 is 0 Å². The van der Waals surface area contributed by atoms with Crippen molar-refractivity contribution in [3.63, 3.8) is 0 Å². The van der Waals surface area contributed by atoms with Gasteiger partial charge in [0, 0.05) is 11.0 Å². The maximum Gasteiger partial charge on any atom is 0.353 e. The molecule has 0 atom stereocenters. The number of H-pyrrole nitrogens is 1. The first-order chi connectivity index (χ1) is 10.5. The van der Waals surface area contributed by atoms with Crippen LogP contribution in [-0.4, -0.2) is 41.1 Å². The van der Waals surface area contributed by atoms with Crippen molar-refractivity contribution in [2.75, 3.05) is 19.8 Å². The fourth-order valence-corrected chi connectivity index (χ4v) is 2.64. The number of aromatic carboxylic acids is 1. The van der Waals surface area contributed by atoms with Crippen molar-refractivity contribution in [3.05, 3.63) is 34.4 Å². The number of ether oxygens (including phenoxy) is 2. The molecular weight excluding hydrogens is 352 g/mol. The Balaban J connectivity index is 1.74. The molecule has 1 aromatic carbocycles. The highest BCUT2D eigenvalue weighted by atomic mass is 79.9. The zero-order chi connectivity index (χ0) is 15.7. The molecule has 0 aliphatic carbocycles.